The van der Waals surface area contributed by atoms with Crippen molar-refractivity contribution in [2.24, 2.45) is 0 Å². The first-order valence-electron chi connectivity index (χ1n) is 7.73. The van der Waals surface area contributed by atoms with E-state index in [1.54, 1.807) is 18.2 Å². The van der Waals surface area contributed by atoms with Crippen molar-refractivity contribution in [3.63, 3.8) is 0 Å². The van der Waals surface area contributed by atoms with E-state index in [0.717, 1.165) is 16.7 Å². The third-order valence-electron chi connectivity index (χ3n) is 3.52. The van der Waals surface area contributed by atoms with E-state index in [9.17, 15) is 5.26 Å². The summed E-state index contributed by atoms with van der Waals surface area (Å²) in [6.07, 6.45) is 0. The molecule has 0 spiro atoms. The van der Waals surface area contributed by atoms with Crippen LogP contribution >= 0.6 is 0 Å². The van der Waals surface area contributed by atoms with Crippen LogP contribution in [0.2, 0.25) is 0 Å². The van der Waals surface area contributed by atoms with E-state index in [1.807, 2.05) is 54.6 Å². The predicted octanol–water partition coefficient (Wildman–Crippen LogP) is 3.94. The highest BCUT2D eigenvalue weighted by atomic mass is 14.5. The molecule has 3 aromatic rings. The molecule has 0 fully saturated rings. The van der Waals surface area contributed by atoms with E-state index in [1.165, 1.54) is 0 Å². The molecule has 0 aromatic heterocycles. The topological polar surface area (TPSA) is 49.8 Å². The molecule has 3 rings (SSSR count). The fourth-order valence-electron chi connectivity index (χ4n) is 2.20. The molecule has 0 heterocycles. The maximum atomic E-state index is 9.38. The molecule has 0 aliphatic heterocycles. The Kier molecular flexibility index (Phi) is 4.82. The Labute approximate surface area is 147 Å². The van der Waals surface area contributed by atoms with Crippen molar-refractivity contribution in [1.29, 1.82) is 5.26 Å². The lowest BCUT2D eigenvalue weighted by molar-refractivity contribution is 1.46. The van der Waals surface area contributed by atoms with Gasteiger partial charge in [0.15, 0.2) is 0 Å². The lowest BCUT2D eigenvalue weighted by Gasteiger charge is -1.97. The molecule has 2 heteroatoms. The number of nitrogens with zero attached hydrogens (tertiary/aromatic N) is 1. The minimum absolute atomic E-state index is 0.516. The highest BCUT2D eigenvalue weighted by Gasteiger charge is 2.00. The summed E-state index contributed by atoms with van der Waals surface area (Å²) in [5.74, 6) is 12.3. The first-order chi connectivity index (χ1) is 12.2. The SMILES string of the molecule is N#Cc1cc(C#Cc2ccccc2)ccc1C#Cc1ccc(N)cc1. The Bertz CT molecular complexity index is 1050. The summed E-state index contributed by atoms with van der Waals surface area (Å²) in [6.45, 7) is 0. The molecule has 0 atom stereocenters. The van der Waals surface area contributed by atoms with Gasteiger partial charge in [-0.25, -0.2) is 0 Å². The number of nitriles is 1. The van der Waals surface area contributed by atoms with Gasteiger partial charge in [-0.05, 0) is 54.6 Å². The van der Waals surface area contributed by atoms with Crippen LogP contribution in [0.25, 0.3) is 0 Å². The average molecular weight is 318 g/mol. The molecule has 2 N–H and O–H groups in total. The van der Waals surface area contributed by atoms with E-state index < -0.39 is 0 Å². The quantitative estimate of drug-likeness (QED) is 0.504. The van der Waals surface area contributed by atoms with Crippen molar-refractivity contribution < 1.29 is 0 Å². The van der Waals surface area contributed by atoms with Crippen LogP contribution in [0.3, 0.4) is 0 Å². The van der Waals surface area contributed by atoms with Gasteiger partial charge < -0.3 is 5.73 Å². The van der Waals surface area contributed by atoms with Gasteiger partial charge in [0.1, 0.15) is 6.07 Å². The Morgan fingerprint density at radius 2 is 1.20 bits per heavy atom. The van der Waals surface area contributed by atoms with Crippen molar-refractivity contribution >= 4 is 5.69 Å². The average Bonchev–Trinajstić information content (AvgIpc) is 2.67. The minimum atomic E-state index is 0.516. The monoisotopic (exact) mass is 318 g/mol. The van der Waals surface area contributed by atoms with Gasteiger partial charge >= 0.3 is 0 Å². The molecule has 2 nitrogen and oxygen atoms in total. The Morgan fingerprint density at radius 1 is 0.600 bits per heavy atom. The van der Waals surface area contributed by atoms with Crippen LogP contribution in [0.1, 0.15) is 27.8 Å². The van der Waals surface area contributed by atoms with Crippen LogP contribution in [0.4, 0.5) is 5.69 Å². The Morgan fingerprint density at radius 3 is 1.92 bits per heavy atom. The van der Waals surface area contributed by atoms with Crippen LogP contribution in [0, 0.1) is 35.0 Å². The van der Waals surface area contributed by atoms with Gasteiger partial charge in [0.05, 0.1) is 5.56 Å². The third kappa shape index (κ3) is 4.29. The molecule has 0 unspecified atom stereocenters. The van der Waals surface area contributed by atoms with E-state index in [2.05, 4.69) is 29.8 Å². The summed E-state index contributed by atoms with van der Waals surface area (Å²) in [7, 11) is 0. The fraction of sp³-hybridized carbons (Fsp3) is 0. The molecule has 116 valence electrons. The molecule has 0 radical (unpaired) electrons. The molecule has 25 heavy (non-hydrogen) atoms. The molecule has 0 aliphatic carbocycles. The smallest absolute Gasteiger partial charge is 0.100 e. The van der Waals surface area contributed by atoms with Gasteiger partial charge in [0.2, 0.25) is 0 Å². The van der Waals surface area contributed by atoms with Crippen LogP contribution in [0.5, 0.6) is 0 Å². The largest absolute Gasteiger partial charge is 0.399 e. The van der Waals surface area contributed by atoms with Crippen molar-refractivity contribution in [3.05, 3.63) is 101 Å². The summed E-state index contributed by atoms with van der Waals surface area (Å²) in [5, 5.41) is 9.38. The normalized spacial score (nSPS) is 9.08. The van der Waals surface area contributed by atoms with E-state index in [-0.39, 0.29) is 0 Å². The van der Waals surface area contributed by atoms with Gasteiger partial charge in [-0.3, -0.25) is 0 Å². The number of anilines is 1. The fourth-order valence-corrected chi connectivity index (χ4v) is 2.20. The second-order valence-corrected chi connectivity index (χ2v) is 5.36. The molecule has 0 amide bonds. The Balaban J connectivity index is 1.87. The second kappa shape index (κ2) is 7.56. The van der Waals surface area contributed by atoms with E-state index in [4.69, 9.17) is 5.73 Å². The van der Waals surface area contributed by atoms with Gasteiger partial charge in [-0.1, -0.05) is 41.9 Å². The van der Waals surface area contributed by atoms with Crippen LogP contribution < -0.4 is 5.73 Å². The number of nitrogen functional groups attached to an aromatic ring is 1. The van der Waals surface area contributed by atoms with Gasteiger partial charge in [0.25, 0.3) is 0 Å². The van der Waals surface area contributed by atoms with Crippen molar-refractivity contribution in [1.82, 2.24) is 0 Å². The highest BCUT2D eigenvalue weighted by molar-refractivity contribution is 5.56. The molecule has 3 aromatic carbocycles. The molecule has 0 saturated heterocycles. The summed E-state index contributed by atoms with van der Waals surface area (Å²) in [6, 6.07) is 24.7. The standard InChI is InChI=1S/C23H14N2/c24-17-22-16-20(7-6-18-4-2-1-3-5-18)9-13-21(22)12-8-19-10-14-23(25)15-11-19/h1-5,9-11,13-16H,25H2. The van der Waals surface area contributed by atoms with Crippen LogP contribution in [-0.4, -0.2) is 0 Å². The maximum absolute atomic E-state index is 9.38. The maximum Gasteiger partial charge on any atom is 0.100 e. The number of benzene rings is 3. The zero-order chi connectivity index (χ0) is 17.5. The minimum Gasteiger partial charge on any atom is -0.399 e. The van der Waals surface area contributed by atoms with Crippen molar-refractivity contribution in [2.45, 2.75) is 0 Å². The first kappa shape index (κ1) is 15.9. The number of rotatable bonds is 0. The molecule has 0 bridgehead atoms. The lowest BCUT2D eigenvalue weighted by Crippen LogP contribution is -1.87. The molecular weight excluding hydrogens is 304 g/mol. The summed E-state index contributed by atoms with van der Waals surface area (Å²) < 4.78 is 0. The zero-order valence-electron chi connectivity index (χ0n) is 13.5. The number of hydrogen-bond donors (Lipinski definition) is 1. The predicted molar refractivity (Wildman–Crippen MR) is 100 cm³/mol. The number of hydrogen-bond acceptors (Lipinski definition) is 2. The van der Waals surface area contributed by atoms with Crippen molar-refractivity contribution in [3.8, 4) is 29.8 Å². The summed E-state index contributed by atoms with van der Waals surface area (Å²) >= 11 is 0. The summed E-state index contributed by atoms with van der Waals surface area (Å²) in [5.41, 5.74) is 10.1. The van der Waals surface area contributed by atoms with Crippen LogP contribution in [0.15, 0.2) is 72.8 Å². The first-order valence-corrected chi connectivity index (χ1v) is 7.73. The molecule has 0 saturated carbocycles. The lowest BCUT2D eigenvalue weighted by atomic mass is 10.0. The van der Waals surface area contributed by atoms with E-state index >= 15 is 0 Å². The molecule has 0 aliphatic rings. The van der Waals surface area contributed by atoms with Gasteiger partial charge in [-0.15, -0.1) is 0 Å². The van der Waals surface area contributed by atoms with Gasteiger partial charge in [0, 0.05) is 27.9 Å². The number of nitrogens with two attached hydrogens (primary N) is 1. The zero-order valence-corrected chi connectivity index (χ0v) is 13.5. The highest BCUT2D eigenvalue weighted by Crippen LogP contribution is 2.11. The van der Waals surface area contributed by atoms with Crippen LogP contribution in [-0.2, 0) is 0 Å². The molecular formula is C23H14N2. The van der Waals surface area contributed by atoms with Crippen molar-refractivity contribution in [2.75, 3.05) is 5.73 Å². The van der Waals surface area contributed by atoms with E-state index in [0.29, 0.717) is 16.8 Å². The summed E-state index contributed by atoms with van der Waals surface area (Å²) in [4.78, 5) is 0. The third-order valence-corrected chi connectivity index (χ3v) is 3.52. The Hall–Kier alpha value is -3.93. The van der Waals surface area contributed by atoms with Gasteiger partial charge in [-0.2, -0.15) is 5.26 Å². The second-order valence-electron chi connectivity index (χ2n) is 5.36.